The van der Waals surface area contributed by atoms with Crippen molar-refractivity contribution in [3.63, 3.8) is 0 Å². The molecule has 3 heterocycles. The molecule has 0 amide bonds. The summed E-state index contributed by atoms with van der Waals surface area (Å²) in [5.74, 6) is 0.920. The van der Waals surface area contributed by atoms with Crippen molar-refractivity contribution in [3.05, 3.63) is 30.6 Å². The minimum Gasteiger partial charge on any atom is -0.507 e. The number of aromatic hydroxyl groups is 2. The smallest absolute Gasteiger partial charge is 0.200 e. The largest absolute Gasteiger partial charge is 0.507 e. The maximum absolute atomic E-state index is 9.82. The minimum absolute atomic E-state index is 0.0227. The van der Waals surface area contributed by atoms with Gasteiger partial charge >= 0.3 is 0 Å². The van der Waals surface area contributed by atoms with Crippen LogP contribution in [-0.2, 0) is 0 Å². The number of imidazole rings is 2. The third-order valence-electron chi connectivity index (χ3n) is 2.99. The molecular formula is C13H7N5O2. The number of aromatic amines is 2. The van der Waals surface area contributed by atoms with Crippen molar-refractivity contribution in [3.8, 4) is 34.4 Å². The number of nitrogens with zero attached hydrogens (tertiary/aromatic N) is 3. The molecule has 0 unspecified atom stereocenters. The van der Waals surface area contributed by atoms with E-state index >= 15 is 0 Å². The summed E-state index contributed by atoms with van der Waals surface area (Å²) in [4.78, 5) is 18.3. The maximum Gasteiger partial charge on any atom is 0.200 e. The molecule has 0 spiro atoms. The number of benzene rings is 1. The zero-order valence-electron chi connectivity index (χ0n) is 9.97. The standard InChI is InChI=1S/C13H7N5O2/c19-6-1-2-10(20)7(3-6)11-16-9-4-8-12(15-5-14-8)18-13(9)17-11/h2-4,19-20H,(H2,14,15,16,17,18). The Balaban J connectivity index is 1.97. The van der Waals surface area contributed by atoms with Gasteiger partial charge in [-0.3, -0.25) is 0 Å². The topological polar surface area (TPSA) is 111 Å². The Morgan fingerprint density at radius 2 is 1.95 bits per heavy atom. The van der Waals surface area contributed by atoms with E-state index in [1.165, 1.54) is 12.1 Å². The van der Waals surface area contributed by atoms with Gasteiger partial charge in [0.25, 0.3) is 0 Å². The number of phenolic OH excluding ortho intramolecular Hbond substituents is 2. The monoisotopic (exact) mass is 265 g/mol. The number of aromatic nitrogens is 5. The number of nitrogens with one attached hydrogen (secondary N) is 2. The van der Waals surface area contributed by atoms with E-state index in [1.54, 1.807) is 6.07 Å². The average molecular weight is 265 g/mol. The van der Waals surface area contributed by atoms with Crippen molar-refractivity contribution in [2.75, 3.05) is 0 Å². The molecule has 2 radical (unpaired) electrons. The van der Waals surface area contributed by atoms with E-state index in [0.29, 0.717) is 34.1 Å². The Morgan fingerprint density at radius 3 is 2.85 bits per heavy atom. The molecular weight excluding hydrogens is 258 g/mol. The molecule has 2 aliphatic heterocycles. The van der Waals surface area contributed by atoms with E-state index in [0.717, 1.165) is 0 Å². The number of phenols is 2. The number of H-pyrrole nitrogens is 2. The molecule has 0 saturated heterocycles. The fourth-order valence-electron chi connectivity index (χ4n) is 2.06. The first kappa shape index (κ1) is 10.8. The lowest BCUT2D eigenvalue weighted by molar-refractivity contribution is 0.460. The van der Waals surface area contributed by atoms with Gasteiger partial charge in [-0.15, -0.1) is 0 Å². The first-order valence-electron chi connectivity index (χ1n) is 5.77. The summed E-state index contributed by atoms with van der Waals surface area (Å²) < 4.78 is 0. The van der Waals surface area contributed by atoms with Crippen LogP contribution in [-0.4, -0.2) is 35.1 Å². The molecule has 1 aromatic carbocycles. The van der Waals surface area contributed by atoms with E-state index in [2.05, 4.69) is 37.3 Å². The number of pyridine rings is 1. The van der Waals surface area contributed by atoms with E-state index in [4.69, 9.17) is 0 Å². The van der Waals surface area contributed by atoms with Gasteiger partial charge in [0.2, 0.25) is 6.33 Å². The first-order chi connectivity index (χ1) is 9.70. The summed E-state index contributed by atoms with van der Waals surface area (Å²) in [6, 6.07) is 6.96. The molecule has 1 aromatic heterocycles. The second kappa shape index (κ2) is 3.70. The first-order valence-corrected chi connectivity index (χ1v) is 5.77. The molecule has 2 aliphatic rings. The fraction of sp³-hybridized carbons (Fsp3) is 0. The van der Waals surface area contributed by atoms with Crippen molar-refractivity contribution in [2.45, 2.75) is 0 Å². The summed E-state index contributed by atoms with van der Waals surface area (Å²) in [5.41, 5.74) is 2.35. The van der Waals surface area contributed by atoms with Crippen molar-refractivity contribution < 1.29 is 10.2 Å². The normalized spacial score (nSPS) is 11.4. The predicted octanol–water partition coefficient (Wildman–Crippen LogP) is 1.46. The van der Waals surface area contributed by atoms with Gasteiger partial charge in [-0.05, 0) is 18.2 Å². The molecule has 0 fully saturated rings. The Labute approximate surface area is 112 Å². The molecule has 0 saturated carbocycles. The number of hydrogen-bond donors (Lipinski definition) is 4. The van der Waals surface area contributed by atoms with Gasteiger partial charge in [0, 0.05) is 6.07 Å². The average Bonchev–Trinajstić information content (AvgIpc) is 3.03. The van der Waals surface area contributed by atoms with Crippen LogP contribution in [0.3, 0.4) is 0 Å². The second-order valence-corrected chi connectivity index (χ2v) is 4.29. The van der Waals surface area contributed by atoms with Crippen LogP contribution in [0.4, 0.5) is 0 Å². The zero-order chi connectivity index (χ0) is 13.7. The molecule has 0 aliphatic carbocycles. The highest BCUT2D eigenvalue weighted by Gasteiger charge is 2.14. The lowest BCUT2D eigenvalue weighted by Crippen LogP contribution is -1.85. The van der Waals surface area contributed by atoms with Gasteiger partial charge in [-0.1, -0.05) is 0 Å². The fourth-order valence-corrected chi connectivity index (χ4v) is 2.06. The Kier molecular flexibility index (Phi) is 2.00. The van der Waals surface area contributed by atoms with Gasteiger partial charge in [-0.25, -0.2) is 15.0 Å². The number of rotatable bonds is 1. The lowest BCUT2D eigenvalue weighted by atomic mass is 10.2. The van der Waals surface area contributed by atoms with Crippen LogP contribution < -0.4 is 0 Å². The van der Waals surface area contributed by atoms with Crippen molar-refractivity contribution in [2.24, 2.45) is 0 Å². The molecule has 20 heavy (non-hydrogen) atoms. The summed E-state index contributed by atoms with van der Waals surface area (Å²) >= 11 is 0. The van der Waals surface area contributed by atoms with Crippen molar-refractivity contribution in [1.82, 2.24) is 24.9 Å². The minimum atomic E-state index is -0.0704. The van der Waals surface area contributed by atoms with Gasteiger partial charge in [0.1, 0.15) is 23.0 Å². The molecule has 0 bridgehead atoms. The van der Waals surface area contributed by atoms with E-state index < -0.39 is 0 Å². The zero-order valence-corrected chi connectivity index (χ0v) is 9.97. The van der Waals surface area contributed by atoms with E-state index in [-0.39, 0.29) is 11.5 Å². The van der Waals surface area contributed by atoms with E-state index in [1.807, 2.05) is 0 Å². The van der Waals surface area contributed by atoms with Gasteiger partial charge in [0.05, 0.1) is 11.1 Å². The van der Waals surface area contributed by atoms with Crippen LogP contribution in [0, 0.1) is 12.4 Å². The molecule has 7 heteroatoms. The van der Waals surface area contributed by atoms with Gasteiger partial charge < -0.3 is 20.2 Å². The van der Waals surface area contributed by atoms with Crippen LogP contribution >= 0.6 is 0 Å². The molecule has 96 valence electrons. The van der Waals surface area contributed by atoms with Gasteiger partial charge in [-0.2, -0.15) is 0 Å². The van der Waals surface area contributed by atoms with Crippen molar-refractivity contribution in [1.29, 1.82) is 0 Å². The summed E-state index contributed by atoms with van der Waals surface area (Å²) in [6.07, 6.45) is 2.52. The third kappa shape index (κ3) is 1.50. The maximum atomic E-state index is 9.82. The highest BCUT2D eigenvalue weighted by molar-refractivity contribution is 5.82. The van der Waals surface area contributed by atoms with Crippen LogP contribution in [0.25, 0.3) is 34.1 Å². The summed E-state index contributed by atoms with van der Waals surface area (Å²) in [7, 11) is 0. The quantitative estimate of drug-likeness (QED) is 0.389. The predicted molar refractivity (Wildman–Crippen MR) is 69.1 cm³/mol. The van der Waals surface area contributed by atoms with E-state index in [9.17, 15) is 10.2 Å². The molecule has 4 N–H and O–H groups in total. The van der Waals surface area contributed by atoms with Crippen LogP contribution in [0.2, 0.25) is 0 Å². The number of fused-ring (bicyclic) bond motifs is 2. The summed E-state index contributed by atoms with van der Waals surface area (Å²) in [5, 5.41) is 19.3. The van der Waals surface area contributed by atoms with Crippen LogP contribution in [0.5, 0.6) is 11.5 Å². The molecule has 0 atom stereocenters. The lowest BCUT2D eigenvalue weighted by Gasteiger charge is -2.00. The second-order valence-electron chi connectivity index (χ2n) is 4.29. The SMILES string of the molecule is Oc1[c]cc(O)c(-c2nc3[nH]c4n[c]nc-4cc3[nH]2)c1. The Bertz CT molecular complexity index is 850. The van der Waals surface area contributed by atoms with Crippen LogP contribution in [0.15, 0.2) is 18.2 Å². The third-order valence-corrected chi connectivity index (χ3v) is 2.99. The van der Waals surface area contributed by atoms with Gasteiger partial charge in [0.15, 0.2) is 11.5 Å². The molecule has 2 aromatic rings. The highest BCUT2D eigenvalue weighted by Crippen LogP contribution is 2.31. The molecule has 4 rings (SSSR count). The Hall–Kier alpha value is -3.09. The van der Waals surface area contributed by atoms with Crippen molar-refractivity contribution >= 4 is 11.2 Å². The number of hydrogen-bond acceptors (Lipinski definition) is 5. The molecule has 7 nitrogen and oxygen atoms in total. The highest BCUT2D eigenvalue weighted by atomic mass is 16.3. The summed E-state index contributed by atoms with van der Waals surface area (Å²) in [6.45, 7) is 0. The van der Waals surface area contributed by atoms with Crippen LogP contribution in [0.1, 0.15) is 0 Å². The Morgan fingerprint density at radius 1 is 1.05 bits per heavy atom.